The van der Waals surface area contributed by atoms with Crippen molar-refractivity contribution < 1.29 is 18.7 Å². The molecular formula is C17H15NO4S. The largest absolute Gasteiger partial charge is 0.497 e. The van der Waals surface area contributed by atoms with Crippen molar-refractivity contribution in [3.63, 3.8) is 0 Å². The molecule has 0 spiro atoms. The van der Waals surface area contributed by atoms with Gasteiger partial charge in [0, 0.05) is 0 Å². The number of carbonyl (C=O) groups is 1. The molecule has 0 radical (unpaired) electrons. The third kappa shape index (κ3) is 3.43. The summed E-state index contributed by atoms with van der Waals surface area (Å²) >= 11 is 1.56. The number of hydrogen-bond acceptors (Lipinski definition) is 6. The van der Waals surface area contributed by atoms with Crippen LogP contribution in [0.1, 0.15) is 23.0 Å². The normalized spacial score (nSPS) is 10.5. The number of hydrogen-bond donors (Lipinski definition) is 0. The number of carbonyl (C=O) groups excluding carboxylic acids is 1. The highest BCUT2D eigenvalue weighted by molar-refractivity contribution is 7.13. The highest BCUT2D eigenvalue weighted by Gasteiger charge is 2.12. The van der Waals surface area contributed by atoms with E-state index in [0.717, 1.165) is 4.88 Å². The van der Waals surface area contributed by atoms with Crippen molar-refractivity contribution >= 4 is 17.1 Å². The van der Waals surface area contributed by atoms with E-state index in [1.54, 1.807) is 42.9 Å². The van der Waals surface area contributed by atoms with Crippen LogP contribution in [0, 0.1) is 0 Å². The molecule has 2 aromatic heterocycles. The Kier molecular flexibility index (Phi) is 4.43. The number of rotatable bonds is 6. The average Bonchev–Trinajstić information content (AvgIpc) is 3.23. The average molecular weight is 329 g/mol. The number of benzene rings is 1. The Morgan fingerprint density at radius 1 is 1.35 bits per heavy atom. The summed E-state index contributed by atoms with van der Waals surface area (Å²) in [5.74, 6) is 1.60. The van der Waals surface area contributed by atoms with Crippen molar-refractivity contribution in [1.82, 2.24) is 4.98 Å². The predicted molar refractivity (Wildman–Crippen MR) is 87.1 cm³/mol. The van der Waals surface area contributed by atoms with Crippen molar-refractivity contribution in [2.24, 2.45) is 0 Å². The summed E-state index contributed by atoms with van der Waals surface area (Å²) in [7, 11) is 1.56. The number of oxazole rings is 1. The Morgan fingerprint density at radius 3 is 2.91 bits per heavy atom. The maximum atomic E-state index is 11.7. The molecule has 3 aromatic rings. The van der Waals surface area contributed by atoms with Gasteiger partial charge in [0.15, 0.2) is 5.78 Å². The first-order valence-electron chi connectivity index (χ1n) is 6.97. The second-order valence-corrected chi connectivity index (χ2v) is 5.78. The van der Waals surface area contributed by atoms with E-state index in [4.69, 9.17) is 13.9 Å². The second kappa shape index (κ2) is 6.66. The third-order valence-corrected chi connectivity index (χ3v) is 4.08. The SMILES string of the molecule is COc1ccc(OCc2coc(-c3cccs3)n2)c(C(C)=O)c1. The Balaban J connectivity index is 1.74. The van der Waals surface area contributed by atoms with Gasteiger partial charge in [0.1, 0.15) is 30.1 Å². The molecule has 0 unspecified atom stereocenters. The number of methoxy groups -OCH3 is 1. The zero-order valence-electron chi connectivity index (χ0n) is 12.7. The van der Waals surface area contributed by atoms with E-state index in [2.05, 4.69) is 4.98 Å². The standard InChI is InChI=1S/C17H15NO4S/c1-11(19)14-8-13(20-2)5-6-15(14)21-9-12-10-22-17(18-12)16-4-3-7-23-16/h3-8,10H,9H2,1-2H3. The second-order valence-electron chi connectivity index (χ2n) is 4.83. The molecule has 0 bridgehead atoms. The Labute approximate surface area is 137 Å². The maximum Gasteiger partial charge on any atom is 0.236 e. The van der Waals surface area contributed by atoms with Gasteiger partial charge in [0.05, 0.1) is 17.6 Å². The Bertz CT molecular complexity index is 808. The van der Waals surface area contributed by atoms with Gasteiger partial charge in [0.25, 0.3) is 0 Å². The van der Waals surface area contributed by atoms with Gasteiger partial charge >= 0.3 is 0 Å². The van der Waals surface area contributed by atoms with Crippen LogP contribution in [0.15, 0.2) is 46.4 Å². The summed E-state index contributed by atoms with van der Waals surface area (Å²) in [5.41, 5.74) is 1.14. The lowest BCUT2D eigenvalue weighted by molar-refractivity contribution is 0.101. The Morgan fingerprint density at radius 2 is 2.22 bits per heavy atom. The topological polar surface area (TPSA) is 61.6 Å². The number of Topliss-reactive ketones (excluding diaryl/α,β-unsaturated/α-hetero) is 1. The quantitative estimate of drug-likeness (QED) is 0.634. The van der Waals surface area contributed by atoms with E-state index in [1.165, 1.54) is 6.92 Å². The number of aromatic nitrogens is 1. The summed E-state index contributed by atoms with van der Waals surface area (Å²) in [5, 5.41) is 1.96. The van der Waals surface area contributed by atoms with Crippen LogP contribution in [0.2, 0.25) is 0 Å². The van der Waals surface area contributed by atoms with E-state index in [0.29, 0.717) is 28.6 Å². The van der Waals surface area contributed by atoms with Crippen molar-refractivity contribution in [3.05, 3.63) is 53.2 Å². The molecule has 0 aliphatic heterocycles. The van der Waals surface area contributed by atoms with Gasteiger partial charge in [-0.25, -0.2) is 4.98 Å². The molecule has 0 saturated heterocycles. The fraction of sp³-hybridized carbons (Fsp3) is 0.176. The predicted octanol–water partition coefficient (Wildman–Crippen LogP) is 4.19. The van der Waals surface area contributed by atoms with Crippen molar-refractivity contribution in [2.75, 3.05) is 7.11 Å². The lowest BCUT2D eigenvalue weighted by Crippen LogP contribution is -2.02. The van der Waals surface area contributed by atoms with Gasteiger partial charge in [0.2, 0.25) is 5.89 Å². The molecule has 0 aliphatic carbocycles. The molecule has 0 fully saturated rings. The lowest BCUT2D eigenvalue weighted by Gasteiger charge is -2.10. The van der Waals surface area contributed by atoms with Crippen LogP contribution in [0.5, 0.6) is 11.5 Å². The van der Waals surface area contributed by atoms with Crippen LogP contribution in [0.25, 0.3) is 10.8 Å². The molecule has 23 heavy (non-hydrogen) atoms. The van der Waals surface area contributed by atoms with Crippen LogP contribution >= 0.6 is 11.3 Å². The first kappa shape index (κ1) is 15.3. The van der Waals surface area contributed by atoms with Gasteiger partial charge in [-0.15, -0.1) is 11.3 Å². The van der Waals surface area contributed by atoms with Crippen molar-refractivity contribution in [1.29, 1.82) is 0 Å². The molecule has 6 heteroatoms. The zero-order valence-corrected chi connectivity index (χ0v) is 13.6. The molecular weight excluding hydrogens is 314 g/mol. The lowest BCUT2D eigenvalue weighted by atomic mass is 10.1. The fourth-order valence-corrected chi connectivity index (χ4v) is 2.73. The molecule has 1 aromatic carbocycles. The van der Waals surface area contributed by atoms with Gasteiger partial charge in [-0.1, -0.05) is 6.07 Å². The molecule has 0 aliphatic rings. The minimum atomic E-state index is -0.0849. The maximum absolute atomic E-state index is 11.7. The molecule has 2 heterocycles. The van der Waals surface area contributed by atoms with E-state index in [9.17, 15) is 4.79 Å². The summed E-state index contributed by atoms with van der Waals surface area (Å²) in [6.45, 7) is 1.72. The number of ketones is 1. The highest BCUT2D eigenvalue weighted by atomic mass is 32.1. The monoisotopic (exact) mass is 329 g/mol. The minimum absolute atomic E-state index is 0.0849. The van der Waals surface area contributed by atoms with Gasteiger partial charge < -0.3 is 13.9 Å². The van der Waals surface area contributed by atoms with Gasteiger partial charge in [-0.2, -0.15) is 0 Å². The van der Waals surface area contributed by atoms with Crippen molar-refractivity contribution in [3.8, 4) is 22.3 Å². The van der Waals surface area contributed by atoms with Crippen LogP contribution in [0.3, 0.4) is 0 Å². The first-order chi connectivity index (χ1) is 11.2. The van der Waals surface area contributed by atoms with Crippen LogP contribution in [-0.2, 0) is 6.61 Å². The molecule has 5 nitrogen and oxygen atoms in total. The van der Waals surface area contributed by atoms with E-state index in [-0.39, 0.29) is 12.4 Å². The number of ether oxygens (including phenoxy) is 2. The molecule has 0 saturated carbocycles. The minimum Gasteiger partial charge on any atom is -0.497 e. The highest BCUT2D eigenvalue weighted by Crippen LogP contribution is 2.27. The fourth-order valence-electron chi connectivity index (χ4n) is 2.08. The number of nitrogens with zero attached hydrogens (tertiary/aromatic N) is 1. The molecule has 3 rings (SSSR count). The van der Waals surface area contributed by atoms with Crippen molar-refractivity contribution in [2.45, 2.75) is 13.5 Å². The van der Waals surface area contributed by atoms with Gasteiger partial charge in [-0.05, 0) is 36.6 Å². The van der Waals surface area contributed by atoms with E-state index in [1.807, 2.05) is 17.5 Å². The van der Waals surface area contributed by atoms with Gasteiger partial charge in [-0.3, -0.25) is 4.79 Å². The van der Waals surface area contributed by atoms with Crippen LogP contribution in [-0.4, -0.2) is 17.9 Å². The molecule has 0 N–H and O–H groups in total. The molecule has 0 atom stereocenters. The van der Waals surface area contributed by atoms with E-state index < -0.39 is 0 Å². The van der Waals surface area contributed by atoms with E-state index >= 15 is 0 Å². The first-order valence-corrected chi connectivity index (χ1v) is 7.85. The molecule has 0 amide bonds. The molecule has 118 valence electrons. The van der Waals surface area contributed by atoms with Crippen LogP contribution in [0.4, 0.5) is 0 Å². The smallest absolute Gasteiger partial charge is 0.236 e. The Hall–Kier alpha value is -2.60. The van der Waals surface area contributed by atoms with Crippen LogP contribution < -0.4 is 9.47 Å². The summed E-state index contributed by atoms with van der Waals surface area (Å²) in [6.07, 6.45) is 1.56. The third-order valence-electron chi connectivity index (χ3n) is 3.23. The summed E-state index contributed by atoms with van der Waals surface area (Å²) in [6, 6.07) is 9.02. The number of thiophene rings is 1. The summed E-state index contributed by atoms with van der Waals surface area (Å²) < 4.78 is 16.3. The summed E-state index contributed by atoms with van der Waals surface area (Å²) in [4.78, 5) is 17.1. The zero-order chi connectivity index (χ0) is 16.2.